The zero-order valence-electron chi connectivity index (χ0n) is 17.8. The summed E-state index contributed by atoms with van der Waals surface area (Å²) in [6.45, 7) is 1.07. The number of thioether (sulfide) groups is 1. The maximum atomic E-state index is 14.1. The van der Waals surface area contributed by atoms with E-state index in [1.165, 1.54) is 32.0 Å². The molecule has 0 aliphatic carbocycles. The van der Waals surface area contributed by atoms with Crippen LogP contribution in [0.1, 0.15) is 28.8 Å². The SMILES string of the molecule is COC(=O)c1ccc2c(=O)n(CC3CCCO3)c(SCc3ccc(OC)c(F)c3)nc2c1. The van der Waals surface area contributed by atoms with Gasteiger partial charge in [0, 0.05) is 12.4 Å². The number of benzene rings is 2. The number of rotatable bonds is 7. The highest BCUT2D eigenvalue weighted by atomic mass is 32.2. The summed E-state index contributed by atoms with van der Waals surface area (Å²) in [7, 11) is 2.72. The first-order chi connectivity index (χ1) is 15.5. The van der Waals surface area contributed by atoms with Crippen molar-refractivity contribution in [3.05, 3.63) is 63.7 Å². The van der Waals surface area contributed by atoms with Crippen LogP contribution >= 0.6 is 11.8 Å². The number of aromatic nitrogens is 2. The molecule has 0 spiro atoms. The molecular weight excluding hydrogens is 435 g/mol. The third kappa shape index (κ3) is 4.63. The van der Waals surface area contributed by atoms with E-state index in [-0.39, 0.29) is 17.4 Å². The number of carbonyl (C=O) groups is 1. The summed E-state index contributed by atoms with van der Waals surface area (Å²) < 4.78 is 31.2. The van der Waals surface area contributed by atoms with Crippen LogP contribution in [-0.4, -0.2) is 42.5 Å². The molecular formula is C23H23FN2O5S. The molecule has 0 saturated carbocycles. The van der Waals surface area contributed by atoms with Gasteiger partial charge in [-0.05, 0) is 48.7 Å². The van der Waals surface area contributed by atoms with Gasteiger partial charge in [-0.3, -0.25) is 9.36 Å². The van der Waals surface area contributed by atoms with Crippen LogP contribution in [0.3, 0.4) is 0 Å². The van der Waals surface area contributed by atoms with Crippen LogP contribution in [0.25, 0.3) is 10.9 Å². The summed E-state index contributed by atoms with van der Waals surface area (Å²) >= 11 is 1.33. The third-order valence-corrected chi connectivity index (χ3v) is 6.38. The van der Waals surface area contributed by atoms with Crippen molar-refractivity contribution in [3.63, 3.8) is 0 Å². The van der Waals surface area contributed by atoms with Crippen LogP contribution in [0.2, 0.25) is 0 Å². The maximum Gasteiger partial charge on any atom is 0.337 e. The number of nitrogens with zero attached hydrogens (tertiary/aromatic N) is 2. The first-order valence-corrected chi connectivity index (χ1v) is 11.2. The maximum absolute atomic E-state index is 14.1. The molecule has 1 aliphatic heterocycles. The van der Waals surface area contributed by atoms with Gasteiger partial charge in [-0.2, -0.15) is 0 Å². The number of ether oxygens (including phenoxy) is 3. The lowest BCUT2D eigenvalue weighted by atomic mass is 10.1. The van der Waals surface area contributed by atoms with E-state index >= 15 is 0 Å². The van der Waals surface area contributed by atoms with Crippen LogP contribution in [0.15, 0.2) is 46.3 Å². The molecule has 1 saturated heterocycles. The number of esters is 1. The van der Waals surface area contributed by atoms with Crippen LogP contribution in [0.5, 0.6) is 5.75 Å². The second-order valence-corrected chi connectivity index (χ2v) is 8.37. The first kappa shape index (κ1) is 22.3. The molecule has 1 fully saturated rings. The van der Waals surface area contributed by atoms with Gasteiger partial charge in [-0.25, -0.2) is 14.2 Å². The minimum atomic E-state index is -0.500. The largest absolute Gasteiger partial charge is 0.494 e. The number of fused-ring (bicyclic) bond motifs is 1. The molecule has 7 nitrogen and oxygen atoms in total. The summed E-state index contributed by atoms with van der Waals surface area (Å²) in [4.78, 5) is 29.9. The first-order valence-electron chi connectivity index (χ1n) is 10.2. The van der Waals surface area contributed by atoms with E-state index in [0.717, 1.165) is 18.4 Å². The second-order valence-electron chi connectivity index (χ2n) is 7.43. The molecule has 1 unspecified atom stereocenters. The Balaban J connectivity index is 1.71. The molecule has 32 heavy (non-hydrogen) atoms. The van der Waals surface area contributed by atoms with E-state index in [2.05, 4.69) is 4.98 Å². The van der Waals surface area contributed by atoms with Crippen molar-refractivity contribution in [1.29, 1.82) is 0 Å². The number of carbonyl (C=O) groups excluding carboxylic acids is 1. The summed E-state index contributed by atoms with van der Waals surface area (Å²) in [5.74, 6) is -0.369. The number of methoxy groups -OCH3 is 2. The highest BCUT2D eigenvalue weighted by molar-refractivity contribution is 7.98. The van der Waals surface area contributed by atoms with Crippen molar-refractivity contribution < 1.29 is 23.4 Å². The fourth-order valence-corrected chi connectivity index (χ4v) is 4.61. The molecule has 1 aromatic heterocycles. The molecule has 2 aromatic carbocycles. The van der Waals surface area contributed by atoms with E-state index in [4.69, 9.17) is 14.2 Å². The summed E-state index contributed by atoms with van der Waals surface area (Å²) in [6.07, 6.45) is 1.77. The Morgan fingerprint density at radius 2 is 2.12 bits per heavy atom. The Labute approximate surface area is 188 Å². The average Bonchev–Trinajstić information content (AvgIpc) is 3.32. The molecule has 1 aliphatic rings. The molecule has 0 bridgehead atoms. The van der Waals surface area contributed by atoms with E-state index in [1.807, 2.05) is 0 Å². The van der Waals surface area contributed by atoms with Crippen molar-refractivity contribution in [1.82, 2.24) is 9.55 Å². The van der Waals surface area contributed by atoms with Crippen LogP contribution in [0.4, 0.5) is 4.39 Å². The molecule has 168 valence electrons. The van der Waals surface area contributed by atoms with E-state index < -0.39 is 11.8 Å². The van der Waals surface area contributed by atoms with E-state index in [1.54, 1.807) is 34.9 Å². The second kappa shape index (κ2) is 9.70. The van der Waals surface area contributed by atoms with Crippen molar-refractivity contribution in [2.24, 2.45) is 0 Å². The molecule has 0 amide bonds. The lowest BCUT2D eigenvalue weighted by Crippen LogP contribution is -2.29. The van der Waals surface area contributed by atoms with Crippen LogP contribution in [-0.2, 0) is 21.8 Å². The average molecular weight is 459 g/mol. The van der Waals surface area contributed by atoms with E-state index in [9.17, 15) is 14.0 Å². The monoisotopic (exact) mass is 458 g/mol. The van der Waals surface area contributed by atoms with Gasteiger partial charge >= 0.3 is 5.97 Å². The van der Waals surface area contributed by atoms with Gasteiger partial charge in [0.25, 0.3) is 5.56 Å². The fraction of sp³-hybridized carbons (Fsp3) is 0.348. The highest BCUT2D eigenvalue weighted by Crippen LogP contribution is 2.26. The molecule has 2 heterocycles. The van der Waals surface area contributed by atoms with Gasteiger partial charge in [-0.1, -0.05) is 17.8 Å². The van der Waals surface area contributed by atoms with Gasteiger partial charge in [0.1, 0.15) is 0 Å². The Morgan fingerprint density at radius 1 is 1.28 bits per heavy atom. The molecule has 1 atom stereocenters. The van der Waals surface area contributed by atoms with E-state index in [0.29, 0.717) is 40.5 Å². The van der Waals surface area contributed by atoms with Gasteiger partial charge in [0.15, 0.2) is 16.7 Å². The summed E-state index contributed by atoms with van der Waals surface area (Å²) in [5.41, 5.74) is 1.25. The summed E-state index contributed by atoms with van der Waals surface area (Å²) in [5, 5.41) is 0.895. The lowest BCUT2D eigenvalue weighted by Gasteiger charge is -2.17. The molecule has 0 radical (unpaired) electrons. The smallest absolute Gasteiger partial charge is 0.337 e. The topological polar surface area (TPSA) is 79.7 Å². The van der Waals surface area contributed by atoms with Gasteiger partial charge in [0.2, 0.25) is 0 Å². The van der Waals surface area contributed by atoms with Crippen LogP contribution < -0.4 is 10.3 Å². The van der Waals surface area contributed by atoms with Crippen molar-refractivity contribution in [2.75, 3.05) is 20.8 Å². The standard InChI is InChI=1S/C23H23FN2O5S/c1-29-20-8-5-14(10-18(20)24)13-32-23-25-19-11-15(22(28)30-2)6-7-17(19)21(27)26(23)12-16-4-3-9-31-16/h5-8,10-11,16H,3-4,9,12-13H2,1-2H3. The van der Waals surface area contributed by atoms with Crippen molar-refractivity contribution in [2.45, 2.75) is 36.4 Å². The minimum Gasteiger partial charge on any atom is -0.494 e. The molecule has 3 aromatic rings. The Bertz CT molecular complexity index is 1210. The quantitative estimate of drug-likeness (QED) is 0.303. The zero-order chi connectivity index (χ0) is 22.7. The van der Waals surface area contributed by atoms with Crippen molar-refractivity contribution in [3.8, 4) is 5.75 Å². The highest BCUT2D eigenvalue weighted by Gasteiger charge is 2.21. The molecule has 9 heteroatoms. The van der Waals surface area contributed by atoms with Gasteiger partial charge in [-0.15, -0.1) is 0 Å². The lowest BCUT2D eigenvalue weighted by molar-refractivity contribution is 0.0601. The Hall–Kier alpha value is -2.91. The predicted molar refractivity (Wildman–Crippen MR) is 119 cm³/mol. The van der Waals surface area contributed by atoms with Gasteiger partial charge in [0.05, 0.1) is 43.3 Å². The normalized spacial score (nSPS) is 15.8. The number of halogens is 1. The minimum absolute atomic E-state index is 0.0564. The number of hydrogen-bond acceptors (Lipinski definition) is 7. The summed E-state index contributed by atoms with van der Waals surface area (Å²) in [6, 6.07) is 9.45. The van der Waals surface area contributed by atoms with Crippen molar-refractivity contribution >= 4 is 28.6 Å². The molecule has 4 rings (SSSR count). The Kier molecular flexibility index (Phi) is 6.76. The number of hydrogen-bond donors (Lipinski definition) is 0. The predicted octanol–water partition coefficient (Wildman–Crippen LogP) is 3.80. The zero-order valence-corrected chi connectivity index (χ0v) is 18.6. The Morgan fingerprint density at radius 3 is 2.81 bits per heavy atom. The van der Waals surface area contributed by atoms with Crippen LogP contribution in [0, 0.1) is 5.82 Å². The third-order valence-electron chi connectivity index (χ3n) is 5.34. The van der Waals surface area contributed by atoms with Gasteiger partial charge < -0.3 is 14.2 Å². The molecule has 0 N–H and O–H groups in total. The fourth-order valence-electron chi connectivity index (χ4n) is 3.66.